The molecule has 1 atom stereocenters. The number of amides is 1. The Balaban J connectivity index is 1.80. The molecule has 0 radical (unpaired) electrons. The lowest BCUT2D eigenvalue weighted by Crippen LogP contribution is -2.39. The number of carbonyl (C=O) groups excluding carboxylic acids is 1. The highest BCUT2D eigenvalue weighted by atomic mass is 35.5. The fraction of sp³-hybridized carbons (Fsp3) is 0.318. The van der Waals surface area contributed by atoms with E-state index in [9.17, 15) is 13.2 Å². The van der Waals surface area contributed by atoms with E-state index in [0.717, 1.165) is 17.5 Å². The highest BCUT2D eigenvalue weighted by Crippen LogP contribution is 2.21. The van der Waals surface area contributed by atoms with Gasteiger partial charge in [-0.25, -0.2) is 8.42 Å². The first-order valence-corrected chi connectivity index (χ1v) is 11.6. The predicted octanol–water partition coefficient (Wildman–Crippen LogP) is 4.13. The Kier molecular flexibility index (Phi) is 6.57. The molecule has 1 fully saturated rings. The SMILES string of the molecule is CCc1ccc(CN(C(=O)/C=C/c2ccc(Cl)cc2)[C@H]2CCS(=O)(=O)C2)cc1. The predicted molar refractivity (Wildman–Crippen MR) is 114 cm³/mol. The summed E-state index contributed by atoms with van der Waals surface area (Å²) in [7, 11) is -3.08. The number of carbonyl (C=O) groups is 1. The van der Waals surface area contributed by atoms with Crippen molar-refractivity contribution >= 4 is 33.4 Å². The van der Waals surface area contributed by atoms with E-state index in [1.54, 1.807) is 23.1 Å². The summed E-state index contributed by atoms with van der Waals surface area (Å²) in [5, 5.41) is 0.636. The van der Waals surface area contributed by atoms with Crippen molar-refractivity contribution in [2.45, 2.75) is 32.4 Å². The average molecular weight is 418 g/mol. The lowest BCUT2D eigenvalue weighted by atomic mass is 10.1. The minimum absolute atomic E-state index is 0.0283. The van der Waals surface area contributed by atoms with Crippen molar-refractivity contribution in [2.24, 2.45) is 0 Å². The maximum atomic E-state index is 12.9. The maximum Gasteiger partial charge on any atom is 0.247 e. The van der Waals surface area contributed by atoms with E-state index in [4.69, 9.17) is 11.6 Å². The number of nitrogens with zero attached hydrogens (tertiary/aromatic N) is 1. The Hall–Kier alpha value is -2.11. The van der Waals surface area contributed by atoms with Crippen molar-refractivity contribution in [2.75, 3.05) is 11.5 Å². The molecule has 3 rings (SSSR count). The molecular formula is C22H24ClNO3S. The quantitative estimate of drug-likeness (QED) is 0.664. The van der Waals surface area contributed by atoms with Gasteiger partial charge in [-0.2, -0.15) is 0 Å². The topological polar surface area (TPSA) is 54.5 Å². The van der Waals surface area contributed by atoms with E-state index >= 15 is 0 Å². The zero-order chi connectivity index (χ0) is 20.1. The number of aryl methyl sites for hydroxylation is 1. The summed E-state index contributed by atoms with van der Waals surface area (Å²) in [4.78, 5) is 14.6. The average Bonchev–Trinajstić information content (AvgIpc) is 3.05. The minimum atomic E-state index is -3.08. The third kappa shape index (κ3) is 5.46. The first-order chi connectivity index (χ1) is 13.4. The van der Waals surface area contributed by atoms with Gasteiger partial charge >= 0.3 is 0 Å². The molecular weight excluding hydrogens is 394 g/mol. The molecule has 2 aromatic carbocycles. The van der Waals surface area contributed by atoms with Crippen LogP contribution in [0.25, 0.3) is 6.08 Å². The van der Waals surface area contributed by atoms with Crippen LogP contribution in [0.1, 0.15) is 30.0 Å². The van der Waals surface area contributed by atoms with E-state index in [-0.39, 0.29) is 23.5 Å². The van der Waals surface area contributed by atoms with Gasteiger partial charge in [-0.1, -0.05) is 54.9 Å². The largest absolute Gasteiger partial charge is 0.331 e. The van der Waals surface area contributed by atoms with Gasteiger partial charge in [-0.15, -0.1) is 0 Å². The standard InChI is InChI=1S/C22H24ClNO3S/c1-2-17-3-5-19(6-4-17)15-24(21-13-14-28(26,27)16-21)22(25)12-9-18-7-10-20(23)11-8-18/h3-12,21H,2,13-16H2,1H3/b12-9+/t21-/m0/s1. The van der Waals surface area contributed by atoms with Crippen LogP contribution in [0.3, 0.4) is 0 Å². The normalized spacial score (nSPS) is 18.4. The van der Waals surface area contributed by atoms with E-state index in [1.165, 1.54) is 11.6 Å². The Morgan fingerprint density at radius 1 is 1.11 bits per heavy atom. The molecule has 0 aliphatic carbocycles. The zero-order valence-electron chi connectivity index (χ0n) is 15.8. The molecule has 0 N–H and O–H groups in total. The molecule has 28 heavy (non-hydrogen) atoms. The molecule has 1 saturated heterocycles. The highest BCUT2D eigenvalue weighted by Gasteiger charge is 2.34. The van der Waals surface area contributed by atoms with Gasteiger partial charge in [0.05, 0.1) is 11.5 Å². The van der Waals surface area contributed by atoms with Crippen LogP contribution in [0.4, 0.5) is 0 Å². The highest BCUT2D eigenvalue weighted by molar-refractivity contribution is 7.91. The number of hydrogen-bond acceptors (Lipinski definition) is 3. The molecule has 1 aliphatic rings. The lowest BCUT2D eigenvalue weighted by molar-refractivity contribution is -0.128. The molecule has 0 spiro atoms. The molecule has 1 amide bonds. The van der Waals surface area contributed by atoms with Gasteiger partial charge in [0.25, 0.3) is 0 Å². The molecule has 0 bridgehead atoms. The summed E-state index contributed by atoms with van der Waals surface area (Å²) >= 11 is 5.89. The van der Waals surface area contributed by atoms with Crippen LogP contribution in [0.2, 0.25) is 5.02 Å². The molecule has 6 heteroatoms. The fourth-order valence-electron chi connectivity index (χ4n) is 3.32. The number of rotatable bonds is 6. The molecule has 1 aliphatic heterocycles. The van der Waals surface area contributed by atoms with Gasteiger partial charge in [0.2, 0.25) is 5.91 Å². The van der Waals surface area contributed by atoms with Crippen molar-refractivity contribution in [3.63, 3.8) is 0 Å². The van der Waals surface area contributed by atoms with Crippen LogP contribution in [-0.2, 0) is 27.6 Å². The van der Waals surface area contributed by atoms with Crippen molar-refractivity contribution in [1.82, 2.24) is 4.90 Å². The fourth-order valence-corrected chi connectivity index (χ4v) is 5.18. The van der Waals surface area contributed by atoms with Crippen LogP contribution in [-0.4, -0.2) is 36.8 Å². The maximum absolute atomic E-state index is 12.9. The second-order valence-electron chi connectivity index (χ2n) is 7.08. The summed E-state index contributed by atoms with van der Waals surface area (Å²) in [5.41, 5.74) is 3.09. The molecule has 0 aromatic heterocycles. The molecule has 4 nitrogen and oxygen atoms in total. The van der Waals surface area contributed by atoms with Crippen molar-refractivity contribution in [3.05, 3.63) is 76.3 Å². The number of halogens is 1. The second-order valence-corrected chi connectivity index (χ2v) is 9.74. The van der Waals surface area contributed by atoms with Crippen LogP contribution in [0, 0.1) is 0 Å². The smallest absolute Gasteiger partial charge is 0.247 e. The first-order valence-electron chi connectivity index (χ1n) is 9.39. The Labute approximate surface area is 171 Å². The van der Waals surface area contributed by atoms with E-state index in [2.05, 4.69) is 6.92 Å². The Bertz CT molecular complexity index is 950. The van der Waals surface area contributed by atoms with E-state index in [1.807, 2.05) is 36.4 Å². The molecule has 148 valence electrons. The van der Waals surface area contributed by atoms with Gasteiger partial charge in [-0.05, 0) is 47.7 Å². The van der Waals surface area contributed by atoms with E-state index < -0.39 is 9.84 Å². The molecule has 2 aromatic rings. The minimum Gasteiger partial charge on any atom is -0.331 e. The number of benzene rings is 2. The Morgan fingerprint density at radius 3 is 2.32 bits per heavy atom. The summed E-state index contributed by atoms with van der Waals surface area (Å²) in [6, 6.07) is 15.0. The second kappa shape index (κ2) is 8.93. The third-order valence-corrected chi connectivity index (χ3v) is 7.01. The third-order valence-electron chi connectivity index (χ3n) is 5.00. The summed E-state index contributed by atoms with van der Waals surface area (Å²) < 4.78 is 23.9. The molecule has 0 unspecified atom stereocenters. The van der Waals surface area contributed by atoms with Crippen molar-refractivity contribution in [1.29, 1.82) is 0 Å². The zero-order valence-corrected chi connectivity index (χ0v) is 17.4. The van der Waals surface area contributed by atoms with Crippen LogP contribution < -0.4 is 0 Å². The van der Waals surface area contributed by atoms with Gasteiger partial charge in [0.15, 0.2) is 9.84 Å². The number of sulfone groups is 1. The van der Waals surface area contributed by atoms with Crippen molar-refractivity contribution in [3.8, 4) is 0 Å². The first kappa shape index (κ1) is 20.6. The van der Waals surface area contributed by atoms with Crippen molar-refractivity contribution < 1.29 is 13.2 Å². The molecule has 0 saturated carbocycles. The Morgan fingerprint density at radius 2 is 1.75 bits per heavy atom. The van der Waals surface area contributed by atoms with Gasteiger partial charge in [0.1, 0.15) is 0 Å². The van der Waals surface area contributed by atoms with Crippen LogP contribution in [0.15, 0.2) is 54.6 Å². The summed E-state index contributed by atoms with van der Waals surface area (Å²) in [6.07, 6.45) is 4.67. The lowest BCUT2D eigenvalue weighted by Gasteiger charge is -2.27. The van der Waals surface area contributed by atoms with Gasteiger partial charge < -0.3 is 4.90 Å². The van der Waals surface area contributed by atoms with Gasteiger partial charge in [-0.3, -0.25) is 4.79 Å². The van der Waals surface area contributed by atoms with Crippen LogP contribution >= 0.6 is 11.6 Å². The monoisotopic (exact) mass is 417 g/mol. The van der Waals surface area contributed by atoms with E-state index in [0.29, 0.717) is 18.0 Å². The summed E-state index contributed by atoms with van der Waals surface area (Å²) in [6.45, 7) is 2.49. The number of hydrogen-bond donors (Lipinski definition) is 0. The van der Waals surface area contributed by atoms with Crippen LogP contribution in [0.5, 0.6) is 0 Å². The molecule has 1 heterocycles. The summed E-state index contributed by atoms with van der Waals surface area (Å²) in [5.74, 6) is -0.0193. The van der Waals surface area contributed by atoms with Gasteiger partial charge in [0, 0.05) is 23.7 Å².